The molecule has 0 aromatic carbocycles. The van der Waals surface area contributed by atoms with E-state index in [2.05, 4.69) is 20.5 Å². The van der Waals surface area contributed by atoms with Gasteiger partial charge in [-0.15, -0.1) is 10.2 Å². The van der Waals surface area contributed by atoms with E-state index in [4.69, 9.17) is 16.6 Å². The summed E-state index contributed by atoms with van der Waals surface area (Å²) >= 11 is 6.42. The number of rotatable bonds is 4. The van der Waals surface area contributed by atoms with Gasteiger partial charge in [0.1, 0.15) is 16.9 Å². The molecule has 1 aliphatic carbocycles. The maximum absolute atomic E-state index is 13.0. The maximum Gasteiger partial charge on any atom is 0.416 e. The Morgan fingerprint density at radius 1 is 1.18 bits per heavy atom. The summed E-state index contributed by atoms with van der Waals surface area (Å²) in [6.45, 7) is 3.96. The Labute approximate surface area is 200 Å². The zero-order valence-electron chi connectivity index (χ0n) is 18.7. The van der Waals surface area contributed by atoms with Crippen molar-refractivity contribution in [1.29, 1.82) is 0 Å². The second-order valence-corrected chi connectivity index (χ2v) is 8.75. The molecule has 1 aromatic heterocycles. The van der Waals surface area contributed by atoms with E-state index < -0.39 is 18.0 Å². The molecule has 1 atom stereocenters. The van der Waals surface area contributed by atoms with Crippen LogP contribution in [0, 0.1) is 5.92 Å². The van der Waals surface area contributed by atoms with Gasteiger partial charge in [0, 0.05) is 43.4 Å². The number of nitrogens with one attached hydrogen (secondary N) is 1. The zero-order chi connectivity index (χ0) is 24.3. The third-order valence-electron chi connectivity index (χ3n) is 6.16. The molecule has 2 aliphatic heterocycles. The lowest BCUT2D eigenvalue weighted by Crippen LogP contribution is -2.45. The maximum atomic E-state index is 13.0. The van der Waals surface area contributed by atoms with Gasteiger partial charge in [-0.25, -0.2) is 4.98 Å². The van der Waals surface area contributed by atoms with Gasteiger partial charge in [-0.05, 0) is 37.5 Å². The molecule has 4 rings (SSSR count). The van der Waals surface area contributed by atoms with Crippen molar-refractivity contribution in [2.45, 2.75) is 45.0 Å². The molecule has 1 unspecified atom stereocenters. The fourth-order valence-corrected chi connectivity index (χ4v) is 4.47. The van der Waals surface area contributed by atoms with Crippen molar-refractivity contribution in [3.63, 3.8) is 0 Å². The minimum Gasteiger partial charge on any atom is -0.378 e. The molecule has 1 fully saturated rings. The van der Waals surface area contributed by atoms with Crippen molar-refractivity contribution >= 4 is 34.9 Å². The Morgan fingerprint density at radius 2 is 1.94 bits per heavy atom. The van der Waals surface area contributed by atoms with Crippen molar-refractivity contribution < 1.29 is 18.3 Å². The van der Waals surface area contributed by atoms with Crippen LogP contribution in [-0.4, -0.2) is 58.5 Å². The largest absolute Gasteiger partial charge is 0.416 e. The Hall–Kier alpha value is -2.56. The molecule has 11 heteroatoms. The molecule has 182 valence electrons. The number of anilines is 1. The number of allylic oxidation sites excluding steroid dienone is 5. The first-order valence-corrected chi connectivity index (χ1v) is 11.6. The highest BCUT2D eigenvalue weighted by atomic mass is 35.5. The van der Waals surface area contributed by atoms with Gasteiger partial charge in [-0.2, -0.15) is 13.2 Å². The van der Waals surface area contributed by atoms with Gasteiger partial charge in [0.15, 0.2) is 0 Å². The standard InChI is InChI=1S/C23H26ClF3N6O/c1-2-29-21(34)15-8-11-33(12-9-15)22-30-20(17-7-10-28-13-18(17)24)19(31-32-22)14-3-5-16(6-4-14)23(25,26)27/h3,5-6,10,13,15,21,29,34H,2,4,7-9,11-12H2,1H3. The highest BCUT2D eigenvalue weighted by molar-refractivity contribution is 6.36. The number of aliphatic hydroxyl groups excluding tert-OH is 1. The second-order valence-electron chi connectivity index (χ2n) is 8.35. The van der Waals surface area contributed by atoms with Gasteiger partial charge < -0.3 is 10.0 Å². The van der Waals surface area contributed by atoms with E-state index in [0.717, 1.165) is 25.0 Å². The monoisotopic (exact) mass is 494 g/mol. The first kappa shape index (κ1) is 24.6. The molecule has 7 nitrogen and oxygen atoms in total. The molecule has 0 spiro atoms. The lowest BCUT2D eigenvalue weighted by atomic mass is 9.95. The Kier molecular flexibility index (Phi) is 7.49. The van der Waals surface area contributed by atoms with Crippen molar-refractivity contribution in [3.8, 4) is 0 Å². The molecule has 2 N–H and O–H groups in total. The third kappa shape index (κ3) is 5.39. The van der Waals surface area contributed by atoms with Gasteiger partial charge >= 0.3 is 6.18 Å². The third-order valence-corrected chi connectivity index (χ3v) is 6.48. The van der Waals surface area contributed by atoms with Crippen LogP contribution in [0.4, 0.5) is 19.1 Å². The van der Waals surface area contributed by atoms with Crippen molar-refractivity contribution in [2.75, 3.05) is 24.5 Å². The van der Waals surface area contributed by atoms with Crippen LogP contribution in [0.2, 0.25) is 0 Å². The summed E-state index contributed by atoms with van der Waals surface area (Å²) < 4.78 is 39.1. The molecule has 3 aliphatic rings. The van der Waals surface area contributed by atoms with Crippen LogP contribution in [0.25, 0.3) is 11.1 Å². The molecule has 0 bridgehead atoms. The van der Waals surface area contributed by atoms with E-state index in [9.17, 15) is 18.3 Å². The Balaban J connectivity index is 1.70. The molecule has 0 radical (unpaired) electrons. The SMILES string of the molecule is CCNC(O)C1CCN(c2nnc(=C3C=CC(C(F)(F)F)=CC3)c(=C3CC=NC=C3Cl)n2)CC1. The lowest BCUT2D eigenvalue weighted by Gasteiger charge is -2.34. The molecule has 0 amide bonds. The number of hydrogen-bond donors (Lipinski definition) is 2. The summed E-state index contributed by atoms with van der Waals surface area (Å²) in [5.41, 5.74) is 0.599. The molecular formula is C23H26ClF3N6O. The number of hydrogen-bond acceptors (Lipinski definition) is 7. The normalized spacial score (nSPS) is 23.6. The highest BCUT2D eigenvalue weighted by Crippen LogP contribution is 2.30. The quantitative estimate of drug-likeness (QED) is 0.625. The summed E-state index contributed by atoms with van der Waals surface area (Å²) in [7, 11) is 0. The first-order chi connectivity index (χ1) is 16.3. The van der Waals surface area contributed by atoms with Crippen LogP contribution >= 0.6 is 11.6 Å². The fourth-order valence-electron chi connectivity index (χ4n) is 4.25. The lowest BCUT2D eigenvalue weighted by molar-refractivity contribution is -0.0884. The van der Waals surface area contributed by atoms with E-state index >= 15 is 0 Å². The number of aliphatic imine (C=N–C) groups is 1. The minimum atomic E-state index is -4.40. The molecule has 34 heavy (non-hydrogen) atoms. The highest BCUT2D eigenvalue weighted by Gasteiger charge is 2.32. The minimum absolute atomic E-state index is 0.0600. The van der Waals surface area contributed by atoms with E-state index in [1.807, 2.05) is 11.8 Å². The fraction of sp³-hybridized carbons (Fsp3) is 0.478. The predicted molar refractivity (Wildman–Crippen MR) is 125 cm³/mol. The van der Waals surface area contributed by atoms with Gasteiger partial charge in [-0.3, -0.25) is 10.3 Å². The second kappa shape index (κ2) is 10.4. The summed E-state index contributed by atoms with van der Waals surface area (Å²) in [6, 6.07) is 0. The van der Waals surface area contributed by atoms with E-state index in [0.29, 0.717) is 58.9 Å². The summed E-state index contributed by atoms with van der Waals surface area (Å²) in [5.74, 6) is 0.572. The van der Waals surface area contributed by atoms with Crippen LogP contribution in [0.1, 0.15) is 32.6 Å². The molecule has 1 saturated heterocycles. The van der Waals surface area contributed by atoms with Gasteiger partial charge in [0.2, 0.25) is 5.95 Å². The Bertz CT molecular complexity index is 1170. The van der Waals surface area contributed by atoms with Gasteiger partial charge in [0.05, 0.1) is 10.6 Å². The average Bonchev–Trinajstić information content (AvgIpc) is 2.84. The number of halogens is 4. The number of aromatic nitrogens is 3. The zero-order valence-corrected chi connectivity index (χ0v) is 19.4. The first-order valence-electron chi connectivity index (χ1n) is 11.2. The van der Waals surface area contributed by atoms with Crippen LogP contribution in [-0.2, 0) is 0 Å². The van der Waals surface area contributed by atoms with E-state index in [-0.39, 0.29) is 12.3 Å². The van der Waals surface area contributed by atoms with Crippen molar-refractivity contribution in [1.82, 2.24) is 20.5 Å². The summed E-state index contributed by atoms with van der Waals surface area (Å²) in [5, 5.41) is 23.3. The number of piperidine rings is 1. The van der Waals surface area contributed by atoms with Gasteiger partial charge in [0.25, 0.3) is 0 Å². The van der Waals surface area contributed by atoms with Crippen molar-refractivity contribution in [3.05, 3.63) is 45.7 Å². The van der Waals surface area contributed by atoms with E-state index in [1.54, 1.807) is 6.21 Å². The molecule has 0 saturated carbocycles. The van der Waals surface area contributed by atoms with Gasteiger partial charge in [-0.1, -0.05) is 30.7 Å². The predicted octanol–water partition coefficient (Wildman–Crippen LogP) is 2.32. The topological polar surface area (TPSA) is 86.5 Å². The summed E-state index contributed by atoms with van der Waals surface area (Å²) in [6.07, 6.45) is 3.89. The van der Waals surface area contributed by atoms with Crippen LogP contribution in [0.3, 0.4) is 0 Å². The van der Waals surface area contributed by atoms with Crippen LogP contribution in [0.15, 0.2) is 40.0 Å². The molecule has 3 heterocycles. The number of alkyl halides is 3. The Morgan fingerprint density at radius 3 is 2.56 bits per heavy atom. The smallest absolute Gasteiger partial charge is 0.378 e. The summed E-state index contributed by atoms with van der Waals surface area (Å²) in [4.78, 5) is 10.8. The average molecular weight is 495 g/mol. The van der Waals surface area contributed by atoms with Crippen LogP contribution < -0.4 is 20.9 Å². The number of aliphatic hydroxyl groups is 1. The van der Waals surface area contributed by atoms with E-state index in [1.165, 1.54) is 12.3 Å². The number of nitrogens with zero attached hydrogens (tertiary/aromatic N) is 5. The molecule has 1 aromatic rings. The van der Waals surface area contributed by atoms with Crippen molar-refractivity contribution in [2.24, 2.45) is 10.9 Å². The van der Waals surface area contributed by atoms with Crippen LogP contribution in [0.5, 0.6) is 0 Å². The molecular weight excluding hydrogens is 469 g/mol.